The lowest BCUT2D eigenvalue weighted by Crippen LogP contribution is -2.44. The van der Waals surface area contributed by atoms with Crippen molar-refractivity contribution >= 4 is 0 Å². The number of nitrogens with zero attached hydrogens (tertiary/aromatic N) is 1. The van der Waals surface area contributed by atoms with Gasteiger partial charge in [-0.2, -0.15) is 0 Å². The van der Waals surface area contributed by atoms with E-state index in [4.69, 9.17) is 9.47 Å². The number of quaternary nitrogens is 1. The van der Waals surface area contributed by atoms with Crippen LogP contribution < -0.4 is 0 Å². The lowest BCUT2D eigenvalue weighted by Gasteiger charge is -2.29. The minimum Gasteiger partial charge on any atom is -0.379 e. The summed E-state index contributed by atoms with van der Waals surface area (Å²) in [4.78, 5) is 0. The Kier molecular flexibility index (Phi) is 44.5. The second-order valence-corrected chi connectivity index (χ2v) is 18.5. The van der Waals surface area contributed by atoms with Gasteiger partial charge in [-0.05, 0) is 12.8 Å². The maximum absolute atomic E-state index is 6.36. The van der Waals surface area contributed by atoms with Crippen LogP contribution in [-0.2, 0) is 9.47 Å². The van der Waals surface area contributed by atoms with Gasteiger partial charge >= 0.3 is 0 Å². The molecule has 0 radical (unpaired) electrons. The van der Waals surface area contributed by atoms with Crippen molar-refractivity contribution in [3.63, 3.8) is 0 Å². The summed E-state index contributed by atoms with van der Waals surface area (Å²) in [5, 5.41) is 0. The first kappa shape index (κ1) is 52.9. The van der Waals surface area contributed by atoms with E-state index in [0.29, 0.717) is 0 Å². The van der Waals surface area contributed by atoms with Crippen molar-refractivity contribution in [1.82, 2.24) is 0 Å². The topological polar surface area (TPSA) is 18.5 Å². The van der Waals surface area contributed by atoms with Crippen LogP contribution in [0.5, 0.6) is 0 Å². The molecule has 0 aliphatic carbocycles. The van der Waals surface area contributed by atoms with Crippen molar-refractivity contribution in [2.24, 2.45) is 0 Å². The van der Waals surface area contributed by atoms with Crippen molar-refractivity contribution < 1.29 is 14.0 Å². The van der Waals surface area contributed by atoms with Gasteiger partial charge in [0, 0.05) is 13.2 Å². The molecule has 1 unspecified atom stereocenters. The minimum absolute atomic E-state index is 0.223. The van der Waals surface area contributed by atoms with Crippen molar-refractivity contribution in [1.29, 1.82) is 0 Å². The second kappa shape index (κ2) is 44.6. The molecule has 0 N–H and O–H groups in total. The highest BCUT2D eigenvalue weighted by atomic mass is 16.5. The fraction of sp³-hybridized carbons (Fsp3) is 1.00. The molecule has 0 aliphatic rings. The molecular formula is C50H104NO2+. The fourth-order valence-corrected chi connectivity index (χ4v) is 8.05. The number of likely N-dealkylation sites (N-methyl/N-ethyl adjacent to an activating group) is 1. The van der Waals surface area contributed by atoms with Crippen LogP contribution in [0.25, 0.3) is 0 Å². The lowest BCUT2D eigenvalue weighted by molar-refractivity contribution is -0.873. The summed E-state index contributed by atoms with van der Waals surface area (Å²) < 4.78 is 13.4. The number of rotatable bonds is 47. The quantitative estimate of drug-likeness (QED) is 0.0455. The maximum atomic E-state index is 6.36. The normalized spacial score (nSPS) is 12.6. The molecule has 3 heteroatoms. The van der Waals surface area contributed by atoms with Crippen LogP contribution in [0, 0.1) is 0 Å². The molecular weight excluding hydrogens is 647 g/mol. The van der Waals surface area contributed by atoms with E-state index < -0.39 is 0 Å². The smallest absolute Gasteiger partial charge is 0.130 e. The van der Waals surface area contributed by atoms with Crippen LogP contribution in [-0.4, -0.2) is 58.1 Å². The van der Waals surface area contributed by atoms with Gasteiger partial charge < -0.3 is 14.0 Å². The van der Waals surface area contributed by atoms with Crippen LogP contribution in [0.3, 0.4) is 0 Å². The zero-order chi connectivity index (χ0) is 38.6. The Morgan fingerprint density at radius 3 is 0.774 bits per heavy atom. The van der Waals surface area contributed by atoms with E-state index in [1.54, 1.807) is 0 Å². The Balaban J connectivity index is 3.49. The zero-order valence-corrected chi connectivity index (χ0v) is 38.0. The van der Waals surface area contributed by atoms with E-state index in [1.807, 2.05) is 0 Å². The van der Waals surface area contributed by atoms with Gasteiger partial charge in [-0.1, -0.05) is 258 Å². The van der Waals surface area contributed by atoms with Gasteiger partial charge in [0.25, 0.3) is 0 Å². The standard InChI is InChI=1S/C50H104NO2/c1-6-8-10-12-14-16-18-20-22-24-26-28-30-32-34-36-38-40-42-44-46-52-49-50(48-51(3,4)5)53-47-45-43-41-39-37-35-33-31-29-27-25-23-21-19-17-15-13-11-9-7-2/h50H,6-49H2,1-5H3/q+1. The third kappa shape index (κ3) is 48.0. The molecule has 0 saturated heterocycles. The van der Waals surface area contributed by atoms with Gasteiger partial charge in [-0.3, -0.25) is 0 Å². The zero-order valence-electron chi connectivity index (χ0n) is 38.0. The van der Waals surface area contributed by atoms with E-state index >= 15 is 0 Å². The molecule has 0 aromatic carbocycles. The largest absolute Gasteiger partial charge is 0.379 e. The van der Waals surface area contributed by atoms with Crippen molar-refractivity contribution in [3.8, 4) is 0 Å². The molecule has 0 aliphatic heterocycles. The molecule has 0 aromatic rings. The summed E-state index contributed by atoms with van der Waals surface area (Å²) in [6, 6.07) is 0. The van der Waals surface area contributed by atoms with Crippen LogP contribution in [0.4, 0.5) is 0 Å². The molecule has 0 saturated carbocycles. The third-order valence-electron chi connectivity index (χ3n) is 11.5. The summed E-state index contributed by atoms with van der Waals surface area (Å²) in [5.41, 5.74) is 0. The Morgan fingerprint density at radius 1 is 0.302 bits per heavy atom. The number of ether oxygens (including phenoxy) is 2. The van der Waals surface area contributed by atoms with Gasteiger partial charge in [0.15, 0.2) is 0 Å². The van der Waals surface area contributed by atoms with Crippen LogP contribution >= 0.6 is 0 Å². The Bertz CT molecular complexity index is 646. The van der Waals surface area contributed by atoms with Gasteiger partial charge in [0.05, 0.1) is 27.7 Å². The van der Waals surface area contributed by atoms with E-state index in [-0.39, 0.29) is 6.10 Å². The maximum Gasteiger partial charge on any atom is 0.130 e. The predicted molar refractivity (Wildman–Crippen MR) is 239 cm³/mol. The highest BCUT2D eigenvalue weighted by molar-refractivity contribution is 4.58. The molecule has 0 spiro atoms. The molecule has 0 amide bonds. The Morgan fingerprint density at radius 2 is 0.528 bits per heavy atom. The van der Waals surface area contributed by atoms with Crippen molar-refractivity contribution in [2.45, 2.75) is 277 Å². The average molecular weight is 751 g/mol. The van der Waals surface area contributed by atoms with E-state index in [2.05, 4.69) is 35.0 Å². The van der Waals surface area contributed by atoms with E-state index in [1.165, 1.54) is 257 Å². The van der Waals surface area contributed by atoms with Gasteiger partial charge in [-0.15, -0.1) is 0 Å². The molecule has 3 nitrogen and oxygen atoms in total. The third-order valence-corrected chi connectivity index (χ3v) is 11.5. The van der Waals surface area contributed by atoms with Crippen LogP contribution in [0.1, 0.15) is 271 Å². The van der Waals surface area contributed by atoms with E-state index in [9.17, 15) is 0 Å². The monoisotopic (exact) mass is 751 g/mol. The summed E-state index contributed by atoms with van der Waals surface area (Å²) in [6.07, 6.45) is 57.4. The Labute approximate surface area is 337 Å². The predicted octanol–water partition coefficient (Wildman–Crippen LogP) is 16.7. The summed E-state index contributed by atoms with van der Waals surface area (Å²) in [5.74, 6) is 0. The van der Waals surface area contributed by atoms with Gasteiger partial charge in [0.1, 0.15) is 12.6 Å². The average Bonchev–Trinajstić information content (AvgIpc) is 3.13. The minimum atomic E-state index is 0.223. The molecule has 0 rings (SSSR count). The number of hydrogen-bond donors (Lipinski definition) is 0. The first-order valence-corrected chi connectivity index (χ1v) is 25.0. The van der Waals surface area contributed by atoms with Gasteiger partial charge in [-0.25, -0.2) is 0 Å². The second-order valence-electron chi connectivity index (χ2n) is 18.5. The molecule has 53 heavy (non-hydrogen) atoms. The molecule has 0 fully saturated rings. The van der Waals surface area contributed by atoms with Gasteiger partial charge in [0.2, 0.25) is 0 Å². The lowest BCUT2D eigenvalue weighted by atomic mass is 10.0. The number of hydrogen-bond acceptors (Lipinski definition) is 2. The highest BCUT2D eigenvalue weighted by Gasteiger charge is 2.19. The first-order valence-electron chi connectivity index (χ1n) is 25.0. The van der Waals surface area contributed by atoms with Crippen molar-refractivity contribution in [2.75, 3.05) is 47.5 Å². The molecule has 1 atom stereocenters. The molecule has 320 valence electrons. The highest BCUT2D eigenvalue weighted by Crippen LogP contribution is 2.17. The number of unbranched alkanes of at least 4 members (excludes halogenated alkanes) is 38. The van der Waals surface area contributed by atoms with Crippen molar-refractivity contribution in [3.05, 3.63) is 0 Å². The summed E-state index contributed by atoms with van der Waals surface area (Å²) in [6.45, 7) is 8.19. The van der Waals surface area contributed by atoms with E-state index in [0.717, 1.165) is 30.8 Å². The van der Waals surface area contributed by atoms with Crippen LogP contribution in [0.2, 0.25) is 0 Å². The van der Waals surface area contributed by atoms with Crippen LogP contribution in [0.15, 0.2) is 0 Å². The Hall–Kier alpha value is -0.120. The first-order chi connectivity index (χ1) is 26.0. The molecule has 0 bridgehead atoms. The summed E-state index contributed by atoms with van der Waals surface area (Å²) >= 11 is 0. The summed E-state index contributed by atoms with van der Waals surface area (Å²) in [7, 11) is 6.81. The fourth-order valence-electron chi connectivity index (χ4n) is 8.05. The molecule has 0 aromatic heterocycles. The molecule has 0 heterocycles. The SMILES string of the molecule is CCCCCCCCCCCCCCCCCCCCCCOCC(C[N+](C)(C)C)OCCCCCCCCCCCCCCCCCCCCCC.